The molecule has 1 rings (SSSR count). The Balaban J connectivity index is 2.56. The average Bonchev–Trinajstić information content (AvgIpc) is 3.18. The predicted molar refractivity (Wildman–Crippen MR) is 220 cm³/mol. The van der Waals surface area contributed by atoms with E-state index in [9.17, 15) is 39.8 Å². The smallest absolute Gasteiger partial charge is 0.457 e. The van der Waals surface area contributed by atoms with Crippen molar-refractivity contribution in [1.29, 1.82) is 0 Å². The van der Waals surface area contributed by atoms with Crippen LogP contribution in [0.5, 0.6) is 0 Å². The third-order valence-electron chi connectivity index (χ3n) is 8.48. The van der Waals surface area contributed by atoms with Gasteiger partial charge in [-0.3, -0.25) is 13.8 Å². The molecule has 1 aliphatic carbocycles. The van der Waals surface area contributed by atoms with Crippen molar-refractivity contribution in [1.82, 2.24) is 0 Å². The standard InChI is InChI=1S/C43H69O12P/c1-3-5-7-9-11-13-15-17-19-20-22-24-26-28-30-32-37(44)54-36(34-52-33-31-29-27-25-23-21-18-16-14-12-10-8-6-4-2)35-53-56(50,51)55-43-41(48)39(46)38(45)40(47)42(43)49/h5-8,11-14,17-19,21-22,24,28,30,36,38-43,45-49H,3-4,9-10,15-16,20,23,25-27,29,31-35H2,1-2H3,(H,50,51)/b7-5-,8-6-,13-11-,14-12-,19-17-,21-18-,24-22-,30-28-. The molecule has 0 aliphatic heterocycles. The maximum absolute atomic E-state index is 12.8. The summed E-state index contributed by atoms with van der Waals surface area (Å²) in [4.78, 5) is 23.0. The van der Waals surface area contributed by atoms with E-state index >= 15 is 0 Å². The van der Waals surface area contributed by atoms with Gasteiger partial charge in [0.15, 0.2) is 0 Å². The first-order chi connectivity index (χ1) is 27.0. The number of carbonyl (C=O) groups excluding carboxylic acids is 1. The van der Waals surface area contributed by atoms with Gasteiger partial charge in [-0.1, -0.05) is 124 Å². The Kier molecular flexibility index (Phi) is 30.5. The summed E-state index contributed by atoms with van der Waals surface area (Å²) in [5.74, 6) is -0.618. The quantitative estimate of drug-likeness (QED) is 0.0179. The number of aliphatic hydroxyl groups is 5. The van der Waals surface area contributed by atoms with Gasteiger partial charge in [-0.25, -0.2) is 4.57 Å². The van der Waals surface area contributed by atoms with Gasteiger partial charge in [0.1, 0.15) is 42.7 Å². The highest BCUT2D eigenvalue weighted by Crippen LogP contribution is 2.47. The molecule has 0 bridgehead atoms. The number of phosphoric acid groups is 1. The number of rotatable bonds is 31. The molecule has 6 unspecified atom stereocenters. The van der Waals surface area contributed by atoms with E-state index in [0.29, 0.717) is 13.0 Å². The van der Waals surface area contributed by atoms with E-state index in [0.717, 1.165) is 77.0 Å². The number of ether oxygens (including phenoxy) is 2. The summed E-state index contributed by atoms with van der Waals surface area (Å²) in [6.45, 7) is 3.82. The van der Waals surface area contributed by atoms with Crippen molar-refractivity contribution in [2.24, 2.45) is 0 Å². The van der Waals surface area contributed by atoms with E-state index in [4.69, 9.17) is 18.5 Å². The van der Waals surface area contributed by atoms with Crippen LogP contribution in [0.4, 0.5) is 0 Å². The monoisotopic (exact) mass is 808 g/mol. The molecule has 6 N–H and O–H groups in total. The van der Waals surface area contributed by atoms with Crippen molar-refractivity contribution in [2.45, 2.75) is 146 Å². The molecule has 1 fully saturated rings. The first-order valence-electron chi connectivity index (χ1n) is 20.1. The minimum absolute atomic E-state index is 0.0586. The van der Waals surface area contributed by atoms with Gasteiger partial charge < -0.3 is 39.9 Å². The Hall–Kier alpha value is -2.74. The summed E-state index contributed by atoms with van der Waals surface area (Å²) in [5.41, 5.74) is 0. The Morgan fingerprint density at radius 2 is 1.00 bits per heavy atom. The lowest BCUT2D eigenvalue weighted by atomic mass is 9.85. The van der Waals surface area contributed by atoms with Crippen LogP contribution in [0.1, 0.15) is 104 Å². The predicted octanol–water partition coefficient (Wildman–Crippen LogP) is 7.19. The van der Waals surface area contributed by atoms with E-state index < -0.39 is 63.1 Å². The zero-order valence-corrected chi connectivity index (χ0v) is 34.3. The molecular formula is C43H69O12P. The largest absolute Gasteiger partial charge is 0.472 e. The van der Waals surface area contributed by atoms with Crippen LogP contribution in [-0.2, 0) is 27.9 Å². The van der Waals surface area contributed by atoms with E-state index in [-0.39, 0.29) is 13.0 Å². The normalized spacial score (nSPS) is 24.1. The van der Waals surface area contributed by atoms with Gasteiger partial charge in [0.25, 0.3) is 0 Å². The van der Waals surface area contributed by atoms with Gasteiger partial charge in [0.2, 0.25) is 0 Å². The molecule has 0 amide bonds. The van der Waals surface area contributed by atoms with Gasteiger partial charge in [-0.05, 0) is 70.6 Å². The van der Waals surface area contributed by atoms with Crippen molar-refractivity contribution >= 4 is 13.8 Å². The second-order valence-corrected chi connectivity index (χ2v) is 14.8. The lowest BCUT2D eigenvalue weighted by molar-refractivity contribution is -0.220. The molecule has 13 heteroatoms. The van der Waals surface area contributed by atoms with Crippen LogP contribution in [0.2, 0.25) is 0 Å². The van der Waals surface area contributed by atoms with E-state index in [1.54, 1.807) is 6.08 Å². The van der Waals surface area contributed by atoms with Gasteiger partial charge >= 0.3 is 13.8 Å². The molecule has 318 valence electrons. The van der Waals surface area contributed by atoms with E-state index in [1.807, 2.05) is 18.2 Å². The molecule has 0 aromatic carbocycles. The van der Waals surface area contributed by atoms with Gasteiger partial charge in [0.05, 0.1) is 19.6 Å². The maximum atomic E-state index is 12.8. The third kappa shape index (κ3) is 25.5. The van der Waals surface area contributed by atoms with Crippen molar-refractivity contribution < 1.29 is 58.3 Å². The highest BCUT2D eigenvalue weighted by molar-refractivity contribution is 7.47. The molecule has 6 atom stereocenters. The fourth-order valence-corrected chi connectivity index (χ4v) is 6.30. The summed E-state index contributed by atoms with van der Waals surface area (Å²) < 4.78 is 33.9. The van der Waals surface area contributed by atoms with Crippen molar-refractivity contribution in [3.05, 3.63) is 97.2 Å². The molecule has 0 heterocycles. The molecule has 0 aromatic rings. The Bertz CT molecular complexity index is 1290. The Morgan fingerprint density at radius 1 is 0.571 bits per heavy atom. The highest BCUT2D eigenvalue weighted by Gasteiger charge is 2.51. The van der Waals surface area contributed by atoms with Crippen LogP contribution in [0.25, 0.3) is 0 Å². The number of carbonyl (C=O) groups is 1. The second kappa shape index (κ2) is 33.3. The molecule has 0 radical (unpaired) electrons. The molecule has 1 aliphatic rings. The lowest BCUT2D eigenvalue weighted by Crippen LogP contribution is -2.64. The second-order valence-electron chi connectivity index (χ2n) is 13.4. The SMILES string of the molecule is CC/C=C\C/C=C\C/C=C\C/C=C\C/C=C\CC(=O)OC(COCCCCCC/C=C\C/C=C\C/C=C\CC)COP(=O)(O)OC1C(O)C(O)C(O)C(O)C1O. The summed E-state index contributed by atoms with van der Waals surface area (Å²) in [6.07, 6.45) is 32.3. The van der Waals surface area contributed by atoms with Crippen LogP contribution in [-0.4, -0.2) is 98.9 Å². The van der Waals surface area contributed by atoms with Crippen molar-refractivity contribution in [2.75, 3.05) is 19.8 Å². The van der Waals surface area contributed by atoms with Crippen molar-refractivity contribution in [3.63, 3.8) is 0 Å². The fourth-order valence-electron chi connectivity index (χ4n) is 5.32. The minimum atomic E-state index is -5.05. The number of hydrogen-bond acceptors (Lipinski definition) is 11. The summed E-state index contributed by atoms with van der Waals surface area (Å²) in [5, 5.41) is 50.0. The van der Waals surface area contributed by atoms with Crippen LogP contribution >= 0.6 is 7.82 Å². The molecule has 0 saturated heterocycles. The topological polar surface area (TPSA) is 192 Å². The Labute approximate surface area is 334 Å². The first kappa shape index (κ1) is 51.3. The molecule has 12 nitrogen and oxygen atoms in total. The fraction of sp³-hybridized carbons (Fsp3) is 0.605. The molecule has 0 aromatic heterocycles. The lowest BCUT2D eigenvalue weighted by Gasteiger charge is -2.41. The van der Waals surface area contributed by atoms with Gasteiger partial charge in [-0.15, -0.1) is 0 Å². The molecule has 1 saturated carbocycles. The number of aliphatic hydroxyl groups excluding tert-OH is 5. The zero-order chi connectivity index (χ0) is 41.3. The zero-order valence-electron chi connectivity index (χ0n) is 33.4. The number of phosphoric ester groups is 1. The van der Waals surface area contributed by atoms with Crippen LogP contribution in [0.3, 0.4) is 0 Å². The maximum Gasteiger partial charge on any atom is 0.472 e. The summed E-state index contributed by atoms with van der Waals surface area (Å²) >= 11 is 0. The average molecular weight is 809 g/mol. The van der Waals surface area contributed by atoms with Crippen molar-refractivity contribution in [3.8, 4) is 0 Å². The van der Waals surface area contributed by atoms with Gasteiger partial charge in [0, 0.05) is 6.61 Å². The highest BCUT2D eigenvalue weighted by atomic mass is 31.2. The summed E-state index contributed by atoms with van der Waals surface area (Å²) in [6, 6.07) is 0. The van der Waals surface area contributed by atoms with Crippen LogP contribution < -0.4 is 0 Å². The molecule has 56 heavy (non-hydrogen) atoms. The summed E-state index contributed by atoms with van der Waals surface area (Å²) in [7, 11) is -5.05. The number of esters is 1. The molecular weight excluding hydrogens is 739 g/mol. The van der Waals surface area contributed by atoms with E-state index in [1.165, 1.54) is 0 Å². The number of unbranched alkanes of at least 4 members (excludes halogenated alkanes) is 4. The van der Waals surface area contributed by atoms with Gasteiger partial charge in [-0.2, -0.15) is 0 Å². The minimum Gasteiger partial charge on any atom is -0.457 e. The van der Waals surface area contributed by atoms with E-state index in [2.05, 4.69) is 86.8 Å². The number of hydrogen-bond donors (Lipinski definition) is 6. The van der Waals surface area contributed by atoms with Crippen LogP contribution in [0.15, 0.2) is 97.2 Å². The Morgan fingerprint density at radius 3 is 1.50 bits per heavy atom. The first-order valence-corrected chi connectivity index (χ1v) is 21.6. The molecule has 0 spiro atoms. The van der Waals surface area contributed by atoms with Crippen LogP contribution in [0, 0.1) is 0 Å². The number of allylic oxidation sites excluding steroid dienone is 15. The third-order valence-corrected chi connectivity index (χ3v) is 9.47.